The first-order valence-corrected chi connectivity index (χ1v) is 8.99. The van der Waals surface area contributed by atoms with Crippen LogP contribution in [0.2, 0.25) is 5.02 Å². The van der Waals surface area contributed by atoms with Crippen LogP contribution in [0.15, 0.2) is 48.5 Å². The Morgan fingerprint density at radius 1 is 1.11 bits per heavy atom. The number of benzene rings is 2. The average Bonchev–Trinajstić information content (AvgIpc) is 2.97. The molecule has 140 valence electrons. The van der Waals surface area contributed by atoms with Crippen molar-refractivity contribution < 1.29 is 14.4 Å². The van der Waals surface area contributed by atoms with Gasteiger partial charge in [0.2, 0.25) is 17.7 Å². The molecule has 0 aliphatic carbocycles. The maximum absolute atomic E-state index is 12.5. The predicted molar refractivity (Wildman–Crippen MR) is 104 cm³/mol. The summed E-state index contributed by atoms with van der Waals surface area (Å²) in [6.07, 6.45) is 0.185. The topological polar surface area (TPSA) is 78.5 Å². The Bertz CT molecular complexity index is 867. The molecule has 0 saturated carbocycles. The van der Waals surface area contributed by atoms with Gasteiger partial charge in [-0.3, -0.25) is 14.4 Å². The summed E-state index contributed by atoms with van der Waals surface area (Å²) in [7, 11) is 0. The van der Waals surface area contributed by atoms with Gasteiger partial charge in [-0.25, -0.2) is 0 Å². The highest BCUT2D eigenvalue weighted by Crippen LogP contribution is 2.23. The zero-order valence-electron chi connectivity index (χ0n) is 14.9. The minimum Gasteiger partial charge on any atom is -0.338 e. The largest absolute Gasteiger partial charge is 0.338 e. The van der Waals surface area contributed by atoms with E-state index in [1.54, 1.807) is 41.3 Å². The summed E-state index contributed by atoms with van der Waals surface area (Å²) >= 11 is 5.88. The van der Waals surface area contributed by atoms with Crippen LogP contribution in [0, 0.1) is 5.92 Å². The highest BCUT2D eigenvalue weighted by atomic mass is 35.5. The first kappa shape index (κ1) is 18.9. The molecule has 1 fully saturated rings. The van der Waals surface area contributed by atoms with E-state index in [0.717, 1.165) is 5.56 Å². The normalized spacial score (nSPS) is 16.3. The molecule has 1 aliphatic rings. The Morgan fingerprint density at radius 3 is 2.44 bits per heavy atom. The van der Waals surface area contributed by atoms with E-state index in [2.05, 4.69) is 10.6 Å². The fourth-order valence-electron chi connectivity index (χ4n) is 3.03. The lowest BCUT2D eigenvalue weighted by atomic mass is 10.1. The maximum Gasteiger partial charge on any atom is 0.229 e. The molecule has 0 spiro atoms. The first-order chi connectivity index (χ1) is 12.9. The lowest BCUT2D eigenvalue weighted by Gasteiger charge is -2.17. The van der Waals surface area contributed by atoms with Gasteiger partial charge in [0.1, 0.15) is 0 Å². The number of hydrogen-bond donors (Lipinski definition) is 2. The van der Waals surface area contributed by atoms with E-state index in [4.69, 9.17) is 11.6 Å². The molecule has 3 rings (SSSR count). The third kappa shape index (κ3) is 5.08. The van der Waals surface area contributed by atoms with Crippen LogP contribution in [0.4, 0.5) is 11.4 Å². The number of anilines is 2. The Morgan fingerprint density at radius 2 is 1.78 bits per heavy atom. The molecule has 1 saturated heterocycles. The molecule has 2 aromatic rings. The molecule has 27 heavy (non-hydrogen) atoms. The number of nitrogens with one attached hydrogen (secondary N) is 2. The highest BCUT2D eigenvalue weighted by molar-refractivity contribution is 6.30. The van der Waals surface area contributed by atoms with Gasteiger partial charge in [0.25, 0.3) is 0 Å². The summed E-state index contributed by atoms with van der Waals surface area (Å²) in [6.45, 7) is 2.25. The number of halogens is 1. The standard InChI is InChI=1S/C20H20ClN3O3/c1-13(25)22-17-3-2-4-18(10-17)23-20(27)15-9-19(26)24(12-15)11-14-5-7-16(21)8-6-14/h2-8,10,15H,9,11-12H2,1H3,(H,22,25)(H,23,27)/t15-/m0/s1. The molecule has 0 bridgehead atoms. The zero-order valence-corrected chi connectivity index (χ0v) is 15.6. The summed E-state index contributed by atoms with van der Waals surface area (Å²) in [5, 5.41) is 6.14. The fourth-order valence-corrected chi connectivity index (χ4v) is 3.16. The molecule has 0 radical (unpaired) electrons. The Labute approximate surface area is 162 Å². The molecular weight excluding hydrogens is 366 g/mol. The molecule has 0 aromatic heterocycles. The summed E-state index contributed by atoms with van der Waals surface area (Å²) in [5.41, 5.74) is 2.15. The van der Waals surface area contributed by atoms with Crippen molar-refractivity contribution >= 4 is 40.7 Å². The van der Waals surface area contributed by atoms with Crippen LogP contribution in [-0.2, 0) is 20.9 Å². The van der Waals surface area contributed by atoms with Gasteiger partial charge in [-0.1, -0.05) is 29.8 Å². The van der Waals surface area contributed by atoms with Crippen LogP contribution in [0.3, 0.4) is 0 Å². The SMILES string of the molecule is CC(=O)Nc1cccc(NC(=O)[C@H]2CC(=O)N(Cc3ccc(Cl)cc3)C2)c1. The van der Waals surface area contributed by atoms with Gasteiger partial charge >= 0.3 is 0 Å². The Balaban J connectivity index is 1.60. The number of likely N-dealkylation sites (tertiary alicyclic amines) is 1. The molecule has 2 N–H and O–H groups in total. The van der Waals surface area contributed by atoms with Crippen LogP contribution < -0.4 is 10.6 Å². The lowest BCUT2D eigenvalue weighted by Crippen LogP contribution is -2.28. The summed E-state index contributed by atoms with van der Waals surface area (Å²) in [6, 6.07) is 14.2. The molecular formula is C20H20ClN3O3. The second-order valence-corrected chi connectivity index (χ2v) is 6.99. The monoisotopic (exact) mass is 385 g/mol. The number of rotatable bonds is 5. The van der Waals surface area contributed by atoms with Gasteiger partial charge in [0, 0.05) is 42.8 Å². The van der Waals surface area contributed by atoms with Crippen molar-refractivity contribution in [3.05, 3.63) is 59.1 Å². The number of carbonyl (C=O) groups is 3. The second-order valence-electron chi connectivity index (χ2n) is 6.55. The molecule has 0 unspecified atom stereocenters. The van der Waals surface area contributed by atoms with Gasteiger partial charge in [-0.05, 0) is 35.9 Å². The predicted octanol–water partition coefficient (Wildman–Crippen LogP) is 3.29. The van der Waals surface area contributed by atoms with Gasteiger partial charge in [0.15, 0.2) is 0 Å². The van der Waals surface area contributed by atoms with Crippen molar-refractivity contribution in [2.75, 3.05) is 17.2 Å². The third-order valence-corrected chi connectivity index (χ3v) is 4.57. The number of carbonyl (C=O) groups excluding carboxylic acids is 3. The van der Waals surface area contributed by atoms with Gasteiger partial charge in [-0.15, -0.1) is 0 Å². The van der Waals surface area contributed by atoms with Crippen molar-refractivity contribution in [2.45, 2.75) is 19.9 Å². The van der Waals surface area contributed by atoms with E-state index in [0.29, 0.717) is 29.5 Å². The molecule has 7 heteroatoms. The van der Waals surface area contributed by atoms with Crippen molar-refractivity contribution in [3.8, 4) is 0 Å². The third-order valence-electron chi connectivity index (χ3n) is 4.32. The molecule has 6 nitrogen and oxygen atoms in total. The van der Waals surface area contributed by atoms with E-state index in [1.807, 2.05) is 12.1 Å². The minimum absolute atomic E-state index is 0.0444. The van der Waals surface area contributed by atoms with Crippen molar-refractivity contribution in [1.29, 1.82) is 0 Å². The molecule has 1 atom stereocenters. The summed E-state index contributed by atoms with van der Waals surface area (Å²) < 4.78 is 0. The lowest BCUT2D eigenvalue weighted by molar-refractivity contribution is -0.128. The van der Waals surface area contributed by atoms with E-state index in [9.17, 15) is 14.4 Å². The fraction of sp³-hybridized carbons (Fsp3) is 0.250. The zero-order chi connectivity index (χ0) is 19.4. The first-order valence-electron chi connectivity index (χ1n) is 8.61. The molecule has 1 heterocycles. The van der Waals surface area contributed by atoms with E-state index in [1.165, 1.54) is 6.92 Å². The Hall–Kier alpha value is -2.86. The van der Waals surface area contributed by atoms with Crippen LogP contribution in [0.5, 0.6) is 0 Å². The summed E-state index contributed by atoms with van der Waals surface area (Å²) in [5.74, 6) is -0.842. The van der Waals surface area contributed by atoms with Crippen LogP contribution >= 0.6 is 11.6 Å². The maximum atomic E-state index is 12.5. The number of amides is 3. The van der Waals surface area contributed by atoms with E-state index >= 15 is 0 Å². The quantitative estimate of drug-likeness (QED) is 0.829. The van der Waals surface area contributed by atoms with Crippen molar-refractivity contribution in [2.24, 2.45) is 5.92 Å². The Kier molecular flexibility index (Phi) is 5.76. The van der Waals surface area contributed by atoms with Crippen molar-refractivity contribution in [1.82, 2.24) is 4.90 Å². The minimum atomic E-state index is -0.408. The van der Waals surface area contributed by atoms with E-state index < -0.39 is 5.92 Å². The second kappa shape index (κ2) is 8.22. The average molecular weight is 386 g/mol. The smallest absolute Gasteiger partial charge is 0.229 e. The number of hydrogen-bond acceptors (Lipinski definition) is 3. The van der Waals surface area contributed by atoms with E-state index in [-0.39, 0.29) is 24.1 Å². The van der Waals surface area contributed by atoms with Gasteiger partial charge < -0.3 is 15.5 Å². The van der Waals surface area contributed by atoms with Gasteiger partial charge in [-0.2, -0.15) is 0 Å². The summed E-state index contributed by atoms with van der Waals surface area (Å²) in [4.78, 5) is 37.6. The molecule has 2 aromatic carbocycles. The molecule has 3 amide bonds. The van der Waals surface area contributed by atoms with Crippen LogP contribution in [-0.4, -0.2) is 29.2 Å². The van der Waals surface area contributed by atoms with Crippen LogP contribution in [0.25, 0.3) is 0 Å². The van der Waals surface area contributed by atoms with Crippen molar-refractivity contribution in [3.63, 3.8) is 0 Å². The molecule has 1 aliphatic heterocycles. The number of nitrogens with zero attached hydrogens (tertiary/aromatic N) is 1. The highest BCUT2D eigenvalue weighted by Gasteiger charge is 2.34. The van der Waals surface area contributed by atoms with Gasteiger partial charge in [0.05, 0.1) is 5.92 Å². The van der Waals surface area contributed by atoms with Crippen LogP contribution in [0.1, 0.15) is 18.9 Å².